The van der Waals surface area contributed by atoms with Crippen LogP contribution in [0.5, 0.6) is 0 Å². The fourth-order valence-corrected chi connectivity index (χ4v) is 0. The Hall–Kier alpha value is 2.56. The van der Waals surface area contributed by atoms with E-state index in [0.717, 1.165) is 0 Å². The second-order valence-electron chi connectivity index (χ2n) is 0. The molecule has 0 N–H and O–H groups in total. The fraction of sp³-hybridized carbons (Fsp3) is 0. The summed E-state index contributed by atoms with van der Waals surface area (Å²) in [4.78, 5) is 0. The van der Waals surface area contributed by atoms with Gasteiger partial charge in [0.05, 0.1) is 0 Å². The van der Waals surface area contributed by atoms with Crippen molar-refractivity contribution in [3.05, 3.63) is 0 Å². The van der Waals surface area contributed by atoms with Crippen LogP contribution in [0.4, 0.5) is 0 Å². The van der Waals surface area contributed by atoms with Gasteiger partial charge in [0.2, 0.25) is 0 Å². The summed E-state index contributed by atoms with van der Waals surface area (Å²) in [6.07, 6.45) is 0. The first kappa shape index (κ1) is 49.7. The summed E-state index contributed by atoms with van der Waals surface area (Å²) in [6, 6.07) is 0. The van der Waals surface area contributed by atoms with Gasteiger partial charge in [0.25, 0.3) is 0 Å². The number of hydrogen-bond donors (Lipinski definition) is 0. The van der Waals surface area contributed by atoms with Crippen molar-refractivity contribution in [3.63, 3.8) is 0 Å². The average Bonchev–Trinajstić information content (AvgIpc) is 0. The van der Waals surface area contributed by atoms with Crippen molar-refractivity contribution in [1.82, 2.24) is 0 Å². The molecule has 0 rings (SSSR count). The van der Waals surface area contributed by atoms with E-state index in [4.69, 9.17) is 0 Å². The minimum Gasteiger partial charge on any atom is -1.00 e. The van der Waals surface area contributed by atoms with E-state index in [9.17, 15) is 0 Å². The third-order valence-electron chi connectivity index (χ3n) is 0. The first-order valence-corrected chi connectivity index (χ1v) is 0. The predicted octanol–water partition coefficient (Wildman–Crippen LogP) is -12.0. The topological polar surface area (TPSA) is 0 Å². The van der Waals surface area contributed by atoms with Crippen molar-refractivity contribution in [1.29, 1.82) is 0 Å². The normalized spacial score (nSPS) is 0. The molecule has 0 heterocycles. The number of hydrogen-bond acceptors (Lipinski definition) is 0. The fourth-order valence-electron chi connectivity index (χ4n) is 0. The molecule has 0 nitrogen and oxygen atoms in total. The van der Waals surface area contributed by atoms with Gasteiger partial charge in [-0.25, -0.2) is 0 Å². The summed E-state index contributed by atoms with van der Waals surface area (Å²) in [5.41, 5.74) is 0. The van der Waals surface area contributed by atoms with Crippen LogP contribution in [0.25, 0.3) is 0 Å². The molecular formula is Br3LiMn. The SMILES string of the molecule is [Br-].[Br-].[Br-].[Li+].[Mn+2]. The largest absolute Gasteiger partial charge is 2.00 e. The van der Waals surface area contributed by atoms with Crippen molar-refractivity contribution in [3.8, 4) is 0 Å². The van der Waals surface area contributed by atoms with Gasteiger partial charge < -0.3 is 50.9 Å². The molecule has 0 bridgehead atoms. The van der Waals surface area contributed by atoms with Crippen LogP contribution in [0.1, 0.15) is 0 Å². The van der Waals surface area contributed by atoms with Crippen LogP contribution in [0.15, 0.2) is 0 Å². The molecule has 0 amide bonds. The second kappa shape index (κ2) is 31.0. The Balaban J connectivity index is 0. The Morgan fingerprint density at radius 3 is 0.600 bits per heavy atom. The van der Waals surface area contributed by atoms with Gasteiger partial charge in [0, 0.05) is 0 Å². The average molecular weight is 302 g/mol. The maximum atomic E-state index is 0. The van der Waals surface area contributed by atoms with Gasteiger partial charge in [0.1, 0.15) is 0 Å². The standard InChI is InChI=1S/3BrH.Li.Mn/h3*1H;;/q;;;+1;+2/p-3. The maximum Gasteiger partial charge on any atom is 2.00 e. The van der Waals surface area contributed by atoms with Crippen LogP contribution in [-0.2, 0) is 17.1 Å². The molecule has 5 heteroatoms. The summed E-state index contributed by atoms with van der Waals surface area (Å²) >= 11 is 0. The molecule has 0 aromatic heterocycles. The van der Waals surface area contributed by atoms with E-state index < -0.39 is 0 Å². The van der Waals surface area contributed by atoms with E-state index in [1.54, 1.807) is 0 Å². The molecule has 0 saturated heterocycles. The van der Waals surface area contributed by atoms with E-state index in [0.29, 0.717) is 0 Å². The van der Waals surface area contributed by atoms with Crippen molar-refractivity contribution in [2.75, 3.05) is 0 Å². The van der Waals surface area contributed by atoms with E-state index in [1.165, 1.54) is 0 Å². The van der Waals surface area contributed by atoms with Crippen molar-refractivity contribution >= 4 is 0 Å². The van der Waals surface area contributed by atoms with Crippen LogP contribution < -0.4 is 69.8 Å². The molecule has 0 aliphatic heterocycles. The molecule has 0 fully saturated rings. The first-order valence-electron chi connectivity index (χ1n) is 0. The zero-order valence-electron chi connectivity index (χ0n) is 2.51. The van der Waals surface area contributed by atoms with Gasteiger partial charge in [-0.3, -0.25) is 0 Å². The van der Waals surface area contributed by atoms with Gasteiger partial charge in [-0.05, 0) is 0 Å². The number of rotatable bonds is 0. The van der Waals surface area contributed by atoms with Gasteiger partial charge in [-0.2, -0.15) is 0 Å². The Morgan fingerprint density at radius 2 is 0.600 bits per heavy atom. The van der Waals surface area contributed by atoms with Crippen LogP contribution in [0, 0.1) is 0 Å². The molecule has 0 spiro atoms. The zero-order valence-corrected chi connectivity index (χ0v) is 8.45. The molecule has 0 aromatic carbocycles. The Labute approximate surface area is 85.8 Å². The number of halogens is 3. The molecule has 1 radical (unpaired) electrons. The van der Waals surface area contributed by atoms with Crippen LogP contribution in [0.2, 0.25) is 0 Å². The van der Waals surface area contributed by atoms with Crippen LogP contribution in [-0.4, -0.2) is 0 Å². The molecule has 0 aromatic rings. The van der Waals surface area contributed by atoms with Crippen LogP contribution >= 0.6 is 0 Å². The molecule has 0 aliphatic carbocycles. The monoisotopic (exact) mass is 299 g/mol. The molecule has 5 heavy (non-hydrogen) atoms. The summed E-state index contributed by atoms with van der Waals surface area (Å²) in [7, 11) is 0. The van der Waals surface area contributed by atoms with E-state index >= 15 is 0 Å². The molecule has 29 valence electrons. The Kier molecular flexibility index (Phi) is 308. The molecule has 0 saturated carbocycles. The summed E-state index contributed by atoms with van der Waals surface area (Å²) in [5.74, 6) is 0. The van der Waals surface area contributed by atoms with Crippen molar-refractivity contribution in [2.24, 2.45) is 0 Å². The van der Waals surface area contributed by atoms with E-state index in [1.807, 2.05) is 0 Å². The summed E-state index contributed by atoms with van der Waals surface area (Å²) < 4.78 is 0. The minimum atomic E-state index is 0. The van der Waals surface area contributed by atoms with Gasteiger partial charge in [-0.15, -0.1) is 0 Å². The molecule has 0 aliphatic rings. The smallest absolute Gasteiger partial charge is 1.00 e. The quantitative estimate of drug-likeness (QED) is 0.390. The summed E-state index contributed by atoms with van der Waals surface area (Å²) in [6.45, 7) is 0. The van der Waals surface area contributed by atoms with Gasteiger partial charge >= 0.3 is 35.9 Å². The predicted molar refractivity (Wildman–Crippen MR) is 0 cm³/mol. The molecular weight excluding hydrogens is 302 g/mol. The summed E-state index contributed by atoms with van der Waals surface area (Å²) in [5, 5.41) is 0. The maximum absolute atomic E-state index is 0. The molecule has 0 atom stereocenters. The second-order valence-corrected chi connectivity index (χ2v) is 0. The third kappa shape index (κ3) is 20.8. The molecule has 0 unspecified atom stereocenters. The minimum absolute atomic E-state index is 0. The van der Waals surface area contributed by atoms with Crippen molar-refractivity contribution < 1.29 is 86.9 Å². The van der Waals surface area contributed by atoms with Gasteiger partial charge in [0.15, 0.2) is 0 Å². The van der Waals surface area contributed by atoms with E-state index in [2.05, 4.69) is 0 Å². The zero-order chi connectivity index (χ0) is 0. The van der Waals surface area contributed by atoms with Gasteiger partial charge in [-0.1, -0.05) is 0 Å². The third-order valence-corrected chi connectivity index (χ3v) is 0. The van der Waals surface area contributed by atoms with Crippen LogP contribution in [0.3, 0.4) is 0 Å². The van der Waals surface area contributed by atoms with Crippen molar-refractivity contribution in [2.45, 2.75) is 0 Å². The van der Waals surface area contributed by atoms with E-state index in [-0.39, 0.29) is 86.9 Å². The Bertz CT molecular complexity index is 6.85. The first-order chi connectivity index (χ1) is 0. The Morgan fingerprint density at radius 1 is 0.600 bits per heavy atom.